The molecule has 1 saturated heterocycles. The molecule has 1 N–H and O–H groups in total. The fourth-order valence-electron chi connectivity index (χ4n) is 2.56. The second kappa shape index (κ2) is 7.15. The van der Waals surface area contributed by atoms with Crippen LogP contribution >= 0.6 is 0 Å². The molecule has 23 heavy (non-hydrogen) atoms. The number of nitrogens with one attached hydrogen (secondary N) is 1. The molecular weight excluding hydrogens is 294 g/mol. The number of methoxy groups -OCH3 is 1. The first-order valence-corrected chi connectivity index (χ1v) is 7.51. The maximum absolute atomic E-state index is 11.3. The van der Waals surface area contributed by atoms with E-state index < -0.39 is 0 Å². The molecule has 0 saturated carbocycles. The first-order valence-electron chi connectivity index (χ1n) is 7.51. The average Bonchev–Trinajstić information content (AvgIpc) is 2.61. The number of benzene rings is 2. The smallest absolute Gasteiger partial charge is 0.246 e. The molecule has 0 aliphatic carbocycles. The van der Waals surface area contributed by atoms with Crippen molar-refractivity contribution in [2.24, 2.45) is 0 Å². The van der Waals surface area contributed by atoms with Crippen LogP contribution in [0.2, 0.25) is 0 Å². The van der Waals surface area contributed by atoms with Gasteiger partial charge in [0, 0.05) is 6.54 Å². The average molecular weight is 313 g/mol. The van der Waals surface area contributed by atoms with E-state index in [1.54, 1.807) is 7.11 Å². The minimum absolute atomic E-state index is 0.0449. The van der Waals surface area contributed by atoms with Gasteiger partial charge in [-0.3, -0.25) is 4.79 Å². The van der Waals surface area contributed by atoms with Crippen LogP contribution in [0.25, 0.3) is 0 Å². The molecule has 5 heteroatoms. The lowest BCUT2D eigenvalue weighted by atomic mass is 10.0. The largest absolute Gasteiger partial charge is 0.493 e. The molecule has 120 valence electrons. The van der Waals surface area contributed by atoms with Crippen molar-refractivity contribution in [1.29, 1.82) is 0 Å². The summed E-state index contributed by atoms with van der Waals surface area (Å²) in [5.74, 6) is 1.20. The van der Waals surface area contributed by atoms with Gasteiger partial charge >= 0.3 is 0 Å². The molecule has 0 spiro atoms. The second-order valence-electron chi connectivity index (χ2n) is 5.25. The fourth-order valence-corrected chi connectivity index (χ4v) is 2.56. The third-order valence-electron chi connectivity index (χ3n) is 3.72. The Morgan fingerprint density at radius 1 is 1.09 bits per heavy atom. The van der Waals surface area contributed by atoms with Gasteiger partial charge in [-0.1, -0.05) is 42.5 Å². The molecule has 1 amide bonds. The monoisotopic (exact) mass is 313 g/mol. The zero-order valence-electron chi connectivity index (χ0n) is 12.9. The number of morpholine rings is 1. The summed E-state index contributed by atoms with van der Waals surface area (Å²) in [5, 5.41) is 2.82. The molecule has 2 aromatic rings. The Bertz CT molecular complexity index is 649. The maximum Gasteiger partial charge on any atom is 0.246 e. The van der Waals surface area contributed by atoms with Gasteiger partial charge in [-0.05, 0) is 17.7 Å². The highest BCUT2D eigenvalue weighted by Gasteiger charge is 2.30. The minimum atomic E-state index is -0.340. The predicted molar refractivity (Wildman–Crippen MR) is 85.6 cm³/mol. The Morgan fingerprint density at radius 3 is 2.43 bits per heavy atom. The van der Waals surface area contributed by atoms with Crippen LogP contribution in [0.1, 0.15) is 11.7 Å². The van der Waals surface area contributed by atoms with Crippen molar-refractivity contribution in [3.63, 3.8) is 0 Å². The number of ether oxygens (including phenoxy) is 3. The third kappa shape index (κ3) is 3.63. The molecule has 0 radical (unpaired) electrons. The van der Waals surface area contributed by atoms with E-state index in [2.05, 4.69) is 5.32 Å². The molecule has 1 aliphatic heterocycles. The number of hydrogen-bond acceptors (Lipinski definition) is 4. The van der Waals surface area contributed by atoms with Crippen LogP contribution < -0.4 is 14.8 Å². The van der Waals surface area contributed by atoms with E-state index in [9.17, 15) is 4.79 Å². The molecule has 2 aromatic carbocycles. The van der Waals surface area contributed by atoms with Crippen LogP contribution in [-0.4, -0.2) is 32.3 Å². The van der Waals surface area contributed by atoms with Gasteiger partial charge in [0.05, 0.1) is 7.11 Å². The first kappa shape index (κ1) is 15.4. The van der Waals surface area contributed by atoms with E-state index in [4.69, 9.17) is 14.2 Å². The first-order chi connectivity index (χ1) is 11.3. The van der Waals surface area contributed by atoms with E-state index in [1.807, 2.05) is 54.6 Å². The van der Waals surface area contributed by atoms with Crippen LogP contribution in [0.5, 0.6) is 11.5 Å². The fraction of sp³-hybridized carbons (Fsp3) is 0.278. The Balaban J connectivity index is 1.87. The van der Waals surface area contributed by atoms with Crippen molar-refractivity contribution in [2.45, 2.75) is 12.2 Å². The van der Waals surface area contributed by atoms with Crippen LogP contribution in [-0.2, 0) is 9.53 Å². The molecule has 1 aliphatic rings. The van der Waals surface area contributed by atoms with Gasteiger partial charge in [0.15, 0.2) is 17.6 Å². The zero-order valence-corrected chi connectivity index (χ0v) is 12.9. The lowest BCUT2D eigenvalue weighted by Gasteiger charge is -2.31. The highest BCUT2D eigenvalue weighted by atomic mass is 16.6. The quantitative estimate of drug-likeness (QED) is 0.920. The molecule has 2 atom stereocenters. The van der Waals surface area contributed by atoms with Crippen LogP contribution in [0.4, 0.5) is 0 Å². The van der Waals surface area contributed by atoms with Crippen molar-refractivity contribution in [2.75, 3.05) is 20.3 Å². The maximum atomic E-state index is 11.3. The van der Waals surface area contributed by atoms with E-state index in [0.29, 0.717) is 18.0 Å². The van der Waals surface area contributed by atoms with E-state index in [1.165, 1.54) is 0 Å². The number of para-hydroxylation sites is 2. The Labute approximate surface area is 135 Å². The number of hydrogen-bond donors (Lipinski definition) is 1. The Kier molecular flexibility index (Phi) is 4.78. The van der Waals surface area contributed by atoms with Crippen molar-refractivity contribution < 1.29 is 19.0 Å². The zero-order chi connectivity index (χ0) is 16.1. The van der Waals surface area contributed by atoms with Crippen molar-refractivity contribution in [3.8, 4) is 11.5 Å². The van der Waals surface area contributed by atoms with Crippen LogP contribution in [0.3, 0.4) is 0 Å². The molecular formula is C18H19NO4. The number of carbonyl (C=O) groups excluding carboxylic acids is 1. The summed E-state index contributed by atoms with van der Waals surface area (Å²) in [6.45, 7) is 0.455. The summed E-state index contributed by atoms with van der Waals surface area (Å²) in [7, 11) is 1.61. The molecule has 5 nitrogen and oxygen atoms in total. The van der Waals surface area contributed by atoms with Gasteiger partial charge in [0.2, 0.25) is 5.91 Å². The van der Waals surface area contributed by atoms with Gasteiger partial charge in [0.25, 0.3) is 0 Å². The highest BCUT2D eigenvalue weighted by Crippen LogP contribution is 2.33. The lowest BCUT2D eigenvalue weighted by molar-refractivity contribution is -0.137. The lowest BCUT2D eigenvalue weighted by Crippen LogP contribution is -2.46. The summed E-state index contributed by atoms with van der Waals surface area (Å²) in [5.41, 5.74) is 0.986. The van der Waals surface area contributed by atoms with Crippen LogP contribution in [0.15, 0.2) is 54.6 Å². The Morgan fingerprint density at radius 2 is 1.78 bits per heavy atom. The van der Waals surface area contributed by atoms with Gasteiger partial charge in [-0.2, -0.15) is 0 Å². The Hall–Kier alpha value is -2.53. The molecule has 0 bridgehead atoms. The topological polar surface area (TPSA) is 56.8 Å². The molecule has 3 rings (SSSR count). The van der Waals surface area contributed by atoms with Gasteiger partial charge in [-0.15, -0.1) is 0 Å². The normalized spacial score (nSPS) is 18.8. The summed E-state index contributed by atoms with van der Waals surface area (Å²) in [4.78, 5) is 11.3. The molecule has 0 aromatic heterocycles. The number of carbonyl (C=O) groups is 1. The van der Waals surface area contributed by atoms with E-state index in [0.717, 1.165) is 5.56 Å². The molecule has 1 fully saturated rings. The van der Waals surface area contributed by atoms with Crippen molar-refractivity contribution in [3.05, 3.63) is 60.2 Å². The molecule has 0 unspecified atom stereocenters. The van der Waals surface area contributed by atoms with Gasteiger partial charge in [0.1, 0.15) is 12.7 Å². The summed E-state index contributed by atoms with van der Waals surface area (Å²) in [6, 6.07) is 17.3. The van der Waals surface area contributed by atoms with Crippen molar-refractivity contribution in [1.82, 2.24) is 5.32 Å². The van der Waals surface area contributed by atoms with Crippen molar-refractivity contribution >= 4 is 5.91 Å². The predicted octanol–water partition coefficient (Wildman–Crippen LogP) is 2.33. The standard InChI is InChI=1S/C18H19NO4/c1-21-14-9-5-6-10-15(14)23-18(13-7-3-2-4-8-13)16-11-19-17(20)12-22-16/h2-10,16,18H,11-12H2,1H3,(H,19,20)/t16-,18+/m1/s1. The third-order valence-corrected chi connectivity index (χ3v) is 3.72. The number of amides is 1. The number of rotatable bonds is 5. The highest BCUT2D eigenvalue weighted by molar-refractivity contribution is 5.77. The SMILES string of the molecule is COc1ccccc1O[C@@H](c1ccccc1)[C@H]1CNC(=O)CO1. The van der Waals surface area contributed by atoms with E-state index in [-0.39, 0.29) is 24.7 Å². The summed E-state index contributed by atoms with van der Waals surface area (Å²) >= 11 is 0. The summed E-state index contributed by atoms with van der Waals surface area (Å²) in [6.07, 6.45) is -0.604. The van der Waals surface area contributed by atoms with E-state index >= 15 is 0 Å². The summed E-state index contributed by atoms with van der Waals surface area (Å²) < 4.78 is 17.2. The van der Waals surface area contributed by atoms with Crippen LogP contribution in [0, 0.1) is 0 Å². The van der Waals surface area contributed by atoms with Gasteiger partial charge < -0.3 is 19.5 Å². The second-order valence-corrected chi connectivity index (χ2v) is 5.25. The molecule has 1 heterocycles. The minimum Gasteiger partial charge on any atom is -0.493 e. The van der Waals surface area contributed by atoms with Gasteiger partial charge in [-0.25, -0.2) is 0 Å².